The van der Waals surface area contributed by atoms with Crippen LogP contribution in [0.25, 0.3) is 5.69 Å². The minimum Gasteiger partial charge on any atom is -0.262 e. The van der Waals surface area contributed by atoms with Gasteiger partial charge in [0.05, 0.1) is 23.8 Å². The molecule has 2 aromatic heterocycles. The van der Waals surface area contributed by atoms with Crippen molar-refractivity contribution in [1.29, 1.82) is 0 Å². The van der Waals surface area contributed by atoms with Gasteiger partial charge in [-0.15, -0.1) is 16.7 Å². The Morgan fingerprint density at radius 2 is 2.33 bits per heavy atom. The summed E-state index contributed by atoms with van der Waals surface area (Å²) in [4.78, 5) is 4.02. The molecule has 5 heteroatoms. The fraction of sp³-hybridized carbons (Fsp3) is 0.300. The molecule has 4 nitrogen and oxygen atoms in total. The van der Waals surface area contributed by atoms with Crippen molar-refractivity contribution in [3.63, 3.8) is 0 Å². The summed E-state index contributed by atoms with van der Waals surface area (Å²) in [5.74, 6) is 0.653. The molecule has 0 aliphatic rings. The highest BCUT2D eigenvalue weighted by molar-refractivity contribution is 6.17. The van der Waals surface area contributed by atoms with Crippen molar-refractivity contribution in [3.05, 3.63) is 36.4 Å². The molecule has 0 N–H and O–H groups in total. The van der Waals surface area contributed by atoms with Crippen molar-refractivity contribution in [2.45, 2.75) is 12.8 Å². The number of hydrogen-bond acceptors (Lipinski definition) is 3. The number of alkyl halides is 1. The summed E-state index contributed by atoms with van der Waals surface area (Å²) in [6.45, 7) is 0. The van der Waals surface area contributed by atoms with Crippen LogP contribution in [0, 0.1) is 0 Å². The van der Waals surface area contributed by atoms with Gasteiger partial charge in [-0.1, -0.05) is 5.21 Å². The number of rotatable bonds is 4. The summed E-state index contributed by atoms with van der Waals surface area (Å²) in [6, 6.07) is 3.81. The normalized spacial score (nSPS) is 10.5. The van der Waals surface area contributed by atoms with Gasteiger partial charge in [-0.3, -0.25) is 4.98 Å². The van der Waals surface area contributed by atoms with Crippen LogP contribution in [0.4, 0.5) is 0 Å². The van der Waals surface area contributed by atoms with Crippen molar-refractivity contribution in [2.75, 3.05) is 5.88 Å². The first-order valence-corrected chi connectivity index (χ1v) is 5.31. The Bertz CT molecular complexity index is 412. The zero-order valence-corrected chi connectivity index (χ0v) is 8.93. The second kappa shape index (κ2) is 4.89. The van der Waals surface area contributed by atoms with E-state index in [1.807, 2.05) is 18.3 Å². The number of pyridine rings is 1. The molecule has 0 saturated carbocycles. The fourth-order valence-corrected chi connectivity index (χ4v) is 1.41. The smallest absolute Gasteiger partial charge is 0.0846 e. The van der Waals surface area contributed by atoms with E-state index in [9.17, 15) is 0 Å². The molecule has 0 radical (unpaired) electrons. The van der Waals surface area contributed by atoms with Crippen LogP contribution in [0.2, 0.25) is 0 Å². The Hall–Kier alpha value is -1.42. The molecule has 0 saturated heterocycles. The van der Waals surface area contributed by atoms with Gasteiger partial charge < -0.3 is 0 Å². The van der Waals surface area contributed by atoms with Crippen LogP contribution in [-0.2, 0) is 6.42 Å². The third kappa shape index (κ3) is 2.53. The SMILES string of the molecule is ClCCCc1cn(-c2cccnc2)nn1. The topological polar surface area (TPSA) is 43.6 Å². The van der Waals surface area contributed by atoms with Crippen LogP contribution in [-0.4, -0.2) is 25.9 Å². The van der Waals surface area contributed by atoms with E-state index in [0.29, 0.717) is 5.88 Å². The van der Waals surface area contributed by atoms with Gasteiger partial charge in [0, 0.05) is 12.1 Å². The molecule has 0 aliphatic carbocycles. The van der Waals surface area contributed by atoms with Crippen LogP contribution in [0.3, 0.4) is 0 Å². The summed E-state index contributed by atoms with van der Waals surface area (Å²) in [6.07, 6.45) is 7.18. The summed E-state index contributed by atoms with van der Waals surface area (Å²) >= 11 is 5.61. The van der Waals surface area contributed by atoms with E-state index in [1.165, 1.54) is 0 Å². The molecule has 0 aromatic carbocycles. The van der Waals surface area contributed by atoms with Crippen LogP contribution in [0.15, 0.2) is 30.7 Å². The maximum Gasteiger partial charge on any atom is 0.0846 e. The number of aromatic nitrogens is 4. The number of halogens is 1. The van der Waals surface area contributed by atoms with E-state index in [-0.39, 0.29) is 0 Å². The van der Waals surface area contributed by atoms with Crippen molar-refractivity contribution in [2.24, 2.45) is 0 Å². The molecule has 0 fully saturated rings. The molecule has 78 valence electrons. The maximum absolute atomic E-state index is 5.61. The first-order chi connectivity index (χ1) is 7.40. The summed E-state index contributed by atoms with van der Waals surface area (Å²) in [5.41, 5.74) is 1.88. The number of hydrogen-bond donors (Lipinski definition) is 0. The largest absolute Gasteiger partial charge is 0.262 e. The minimum atomic E-state index is 0.653. The predicted octanol–water partition coefficient (Wildman–Crippen LogP) is 1.83. The molecule has 15 heavy (non-hydrogen) atoms. The van der Waals surface area contributed by atoms with Gasteiger partial charge in [0.15, 0.2) is 0 Å². The van der Waals surface area contributed by atoms with E-state index in [0.717, 1.165) is 24.2 Å². The fourth-order valence-electron chi connectivity index (χ4n) is 1.28. The lowest BCUT2D eigenvalue weighted by Crippen LogP contribution is -1.94. The van der Waals surface area contributed by atoms with Crippen LogP contribution in [0.5, 0.6) is 0 Å². The summed E-state index contributed by atoms with van der Waals surface area (Å²) in [7, 11) is 0. The average Bonchev–Trinajstić information content (AvgIpc) is 2.76. The Morgan fingerprint density at radius 3 is 3.07 bits per heavy atom. The second-order valence-corrected chi connectivity index (χ2v) is 3.54. The molecule has 2 aromatic rings. The van der Waals surface area contributed by atoms with Crippen molar-refractivity contribution < 1.29 is 0 Å². The Kier molecular flexibility index (Phi) is 3.29. The third-order valence-corrected chi connectivity index (χ3v) is 2.29. The Morgan fingerprint density at radius 1 is 1.40 bits per heavy atom. The molecule has 0 unspecified atom stereocenters. The first-order valence-electron chi connectivity index (χ1n) is 4.78. The van der Waals surface area contributed by atoms with Crippen molar-refractivity contribution in [1.82, 2.24) is 20.0 Å². The zero-order valence-electron chi connectivity index (χ0n) is 8.17. The van der Waals surface area contributed by atoms with Gasteiger partial charge in [0.2, 0.25) is 0 Å². The molecule has 0 atom stereocenters. The lowest BCUT2D eigenvalue weighted by molar-refractivity contribution is 0.789. The van der Waals surface area contributed by atoms with Crippen LogP contribution in [0.1, 0.15) is 12.1 Å². The summed E-state index contributed by atoms with van der Waals surface area (Å²) in [5, 5.41) is 8.08. The predicted molar refractivity (Wildman–Crippen MR) is 58.2 cm³/mol. The highest BCUT2D eigenvalue weighted by atomic mass is 35.5. The number of nitrogens with zero attached hydrogens (tertiary/aromatic N) is 4. The van der Waals surface area contributed by atoms with Gasteiger partial charge in [0.25, 0.3) is 0 Å². The molecular weight excluding hydrogens is 212 g/mol. The Balaban J connectivity index is 2.14. The maximum atomic E-state index is 5.61. The van der Waals surface area contributed by atoms with E-state index < -0.39 is 0 Å². The molecule has 0 aliphatic heterocycles. The van der Waals surface area contributed by atoms with E-state index in [4.69, 9.17) is 11.6 Å². The van der Waals surface area contributed by atoms with Crippen LogP contribution >= 0.6 is 11.6 Å². The highest BCUT2D eigenvalue weighted by Gasteiger charge is 2.01. The standard InChI is InChI=1S/C10H11ClN4/c11-5-1-3-9-8-15(14-13-9)10-4-2-6-12-7-10/h2,4,6-8H,1,3,5H2. The van der Waals surface area contributed by atoms with Crippen molar-refractivity contribution >= 4 is 11.6 Å². The second-order valence-electron chi connectivity index (χ2n) is 3.16. The summed E-state index contributed by atoms with van der Waals surface area (Å²) < 4.78 is 1.72. The van der Waals surface area contributed by atoms with E-state index in [2.05, 4.69) is 15.3 Å². The first kappa shape index (κ1) is 10.1. The van der Waals surface area contributed by atoms with Gasteiger partial charge in [-0.2, -0.15) is 0 Å². The van der Waals surface area contributed by atoms with Gasteiger partial charge >= 0.3 is 0 Å². The van der Waals surface area contributed by atoms with Gasteiger partial charge in [-0.25, -0.2) is 4.68 Å². The molecule has 0 amide bonds. The van der Waals surface area contributed by atoms with Crippen LogP contribution < -0.4 is 0 Å². The molecule has 2 heterocycles. The Labute approximate surface area is 92.9 Å². The molecular formula is C10H11ClN4. The molecule has 0 spiro atoms. The van der Waals surface area contributed by atoms with E-state index >= 15 is 0 Å². The highest BCUT2D eigenvalue weighted by Crippen LogP contribution is 2.05. The monoisotopic (exact) mass is 222 g/mol. The molecule has 2 rings (SSSR count). The molecule has 0 bridgehead atoms. The average molecular weight is 223 g/mol. The zero-order chi connectivity index (χ0) is 10.5. The lowest BCUT2D eigenvalue weighted by Gasteiger charge is -1.96. The third-order valence-electron chi connectivity index (χ3n) is 2.02. The van der Waals surface area contributed by atoms with Gasteiger partial charge in [0.1, 0.15) is 0 Å². The minimum absolute atomic E-state index is 0.653. The van der Waals surface area contributed by atoms with Gasteiger partial charge in [-0.05, 0) is 25.0 Å². The van der Waals surface area contributed by atoms with E-state index in [1.54, 1.807) is 17.1 Å². The lowest BCUT2D eigenvalue weighted by atomic mass is 10.3. The number of aryl methyl sites for hydroxylation is 1. The quantitative estimate of drug-likeness (QED) is 0.742. The van der Waals surface area contributed by atoms with Crippen molar-refractivity contribution in [3.8, 4) is 5.69 Å².